The van der Waals surface area contributed by atoms with Gasteiger partial charge in [0.05, 0.1) is 23.9 Å². The first-order valence-corrected chi connectivity index (χ1v) is 8.35. The molecule has 0 spiro atoms. The second-order valence-corrected chi connectivity index (χ2v) is 5.56. The van der Waals surface area contributed by atoms with Crippen LogP contribution in [0.25, 0.3) is 5.69 Å². The molecule has 1 heterocycles. The van der Waals surface area contributed by atoms with Gasteiger partial charge in [0.15, 0.2) is 5.75 Å². The minimum Gasteiger partial charge on any atom is -0.505 e. The Labute approximate surface area is 161 Å². The van der Waals surface area contributed by atoms with Gasteiger partial charge in [-0.05, 0) is 19.2 Å². The highest BCUT2D eigenvalue weighted by Gasteiger charge is 2.40. The van der Waals surface area contributed by atoms with Crippen LogP contribution in [-0.4, -0.2) is 44.3 Å². The lowest BCUT2D eigenvalue weighted by Gasteiger charge is -2.16. The summed E-state index contributed by atoms with van der Waals surface area (Å²) in [5, 5.41) is 25.6. The molecule has 0 bridgehead atoms. The molecule has 2 rings (SSSR count). The normalized spacial score (nSPS) is 13.0. The van der Waals surface area contributed by atoms with Crippen molar-refractivity contribution in [3.05, 3.63) is 40.1 Å². The molecule has 29 heavy (non-hydrogen) atoms. The van der Waals surface area contributed by atoms with Gasteiger partial charge in [-0.25, -0.2) is 14.0 Å². The van der Waals surface area contributed by atoms with Gasteiger partial charge in [-0.2, -0.15) is 31.4 Å². The van der Waals surface area contributed by atoms with Crippen LogP contribution in [-0.2, 0) is 18.9 Å². The topological polar surface area (TPSA) is 92.3 Å². The summed E-state index contributed by atoms with van der Waals surface area (Å²) in [6.07, 6.45) is -10.9. The predicted molar refractivity (Wildman–Crippen MR) is 90.8 cm³/mol. The third-order valence-electron chi connectivity index (χ3n) is 3.54. The van der Waals surface area contributed by atoms with Crippen molar-refractivity contribution in [3.8, 4) is 11.4 Å². The molecule has 3 N–H and O–H groups in total. The molecule has 0 saturated carbocycles. The molecule has 1 unspecified atom stereocenters. The number of phenolic OH excluding ortho intramolecular Hbond substituents is 1. The average Bonchev–Trinajstić information content (AvgIpc) is 2.95. The maximum atomic E-state index is 13.0. The molecular weight excluding hydrogens is 410 g/mol. The van der Waals surface area contributed by atoms with Gasteiger partial charge in [-0.15, -0.1) is 0 Å². The number of rotatable bonds is 5. The van der Waals surface area contributed by atoms with Crippen LogP contribution < -0.4 is 11.0 Å². The first kappa shape index (κ1) is 24.5. The second-order valence-electron chi connectivity index (χ2n) is 5.56. The van der Waals surface area contributed by atoms with Crippen LogP contribution in [0.1, 0.15) is 25.0 Å². The van der Waals surface area contributed by atoms with Gasteiger partial charge in [-0.3, -0.25) is 0 Å². The number of phenols is 1. The Balaban J connectivity index is 0.00000204. The van der Waals surface area contributed by atoms with Crippen molar-refractivity contribution in [1.82, 2.24) is 19.7 Å². The van der Waals surface area contributed by atoms with Crippen LogP contribution in [0.2, 0.25) is 0 Å². The van der Waals surface area contributed by atoms with Crippen LogP contribution in [0.15, 0.2) is 23.3 Å². The molecule has 1 aromatic heterocycles. The Kier molecular flexibility index (Phi) is 7.86. The van der Waals surface area contributed by atoms with E-state index in [1.54, 1.807) is 0 Å². The summed E-state index contributed by atoms with van der Waals surface area (Å²) in [5.74, 6) is -1.55. The second kappa shape index (κ2) is 9.31. The largest absolute Gasteiger partial charge is 0.505 e. The SMILES string of the molecule is CC.CNCC(O)Cn1ncn(-c2cc(C(F)(F)F)cc(C(F)(F)F)c2O)c1=O. The molecule has 2 aromatic rings. The first-order chi connectivity index (χ1) is 13.4. The number of alkyl halides is 6. The van der Waals surface area contributed by atoms with E-state index in [-0.39, 0.29) is 25.2 Å². The molecule has 1 atom stereocenters. The predicted octanol–water partition coefficient (Wildman–Crippen LogP) is 2.38. The molecule has 0 amide bonds. The molecule has 0 aliphatic rings. The van der Waals surface area contributed by atoms with Gasteiger partial charge in [0.1, 0.15) is 11.9 Å². The third-order valence-corrected chi connectivity index (χ3v) is 3.54. The van der Waals surface area contributed by atoms with Crippen LogP contribution in [0.3, 0.4) is 0 Å². The number of benzene rings is 1. The van der Waals surface area contributed by atoms with E-state index in [2.05, 4.69) is 10.4 Å². The van der Waals surface area contributed by atoms with Gasteiger partial charge < -0.3 is 15.5 Å². The highest BCUT2D eigenvalue weighted by Crippen LogP contribution is 2.42. The van der Waals surface area contributed by atoms with Gasteiger partial charge in [-0.1, -0.05) is 13.8 Å². The lowest BCUT2D eigenvalue weighted by molar-refractivity contribution is -0.143. The Hall–Kier alpha value is -2.54. The number of nitrogens with zero attached hydrogens (tertiary/aromatic N) is 3. The molecular formula is C16H20F6N4O3. The Bertz CT molecular complexity index is 873. The highest BCUT2D eigenvalue weighted by atomic mass is 19.4. The maximum absolute atomic E-state index is 13.0. The summed E-state index contributed by atoms with van der Waals surface area (Å²) >= 11 is 0. The smallest absolute Gasteiger partial charge is 0.420 e. The standard InChI is InChI=1S/C14H14F6N4O3.C2H6/c1-21-4-8(25)5-24-12(27)23(6-22-24)10-3-7(13(15,16)17)2-9(11(10)26)14(18,19)20;1-2/h2-3,6,8,21,25-26H,4-5H2,1H3;1-2H3. The van der Waals surface area contributed by atoms with E-state index in [1.165, 1.54) is 7.05 Å². The summed E-state index contributed by atoms with van der Waals surface area (Å²) in [6.45, 7) is 3.70. The third kappa shape index (κ3) is 5.73. The fraction of sp³-hybridized carbons (Fsp3) is 0.500. The monoisotopic (exact) mass is 430 g/mol. The van der Waals surface area contributed by atoms with E-state index in [1.807, 2.05) is 13.8 Å². The minimum atomic E-state index is -5.29. The van der Waals surface area contributed by atoms with Crippen molar-refractivity contribution in [2.45, 2.75) is 38.8 Å². The summed E-state index contributed by atoms with van der Waals surface area (Å²) < 4.78 is 78.8. The van der Waals surface area contributed by atoms with E-state index < -0.39 is 46.7 Å². The van der Waals surface area contributed by atoms with Crippen molar-refractivity contribution in [2.24, 2.45) is 0 Å². The number of hydrogen-bond acceptors (Lipinski definition) is 5. The number of halogens is 6. The lowest BCUT2D eigenvalue weighted by atomic mass is 10.1. The number of likely N-dealkylation sites (N-methyl/N-ethyl adjacent to an activating group) is 1. The number of hydrogen-bond donors (Lipinski definition) is 3. The van der Waals surface area contributed by atoms with Crippen molar-refractivity contribution in [3.63, 3.8) is 0 Å². The number of aliphatic hydroxyl groups is 1. The highest BCUT2D eigenvalue weighted by molar-refractivity contribution is 5.55. The van der Waals surface area contributed by atoms with Gasteiger partial charge >= 0.3 is 18.0 Å². The fourth-order valence-corrected chi connectivity index (χ4v) is 2.31. The van der Waals surface area contributed by atoms with Gasteiger partial charge in [0, 0.05) is 6.54 Å². The van der Waals surface area contributed by atoms with Crippen molar-refractivity contribution < 1.29 is 36.6 Å². The number of aliphatic hydroxyl groups excluding tert-OH is 1. The molecule has 1 aromatic carbocycles. The first-order valence-electron chi connectivity index (χ1n) is 8.35. The maximum Gasteiger partial charge on any atom is 0.420 e. The number of aromatic hydroxyl groups is 1. The summed E-state index contributed by atoms with van der Waals surface area (Å²) in [5.41, 5.74) is -5.80. The quantitative estimate of drug-likeness (QED) is 0.634. The molecule has 0 radical (unpaired) electrons. The van der Waals surface area contributed by atoms with Gasteiger partial charge in [0.25, 0.3) is 0 Å². The van der Waals surface area contributed by atoms with Crippen LogP contribution in [0.4, 0.5) is 26.3 Å². The Morgan fingerprint density at radius 1 is 1.14 bits per heavy atom. The molecule has 0 aliphatic heterocycles. The van der Waals surface area contributed by atoms with E-state index in [0.717, 1.165) is 0 Å². The van der Waals surface area contributed by atoms with E-state index >= 15 is 0 Å². The van der Waals surface area contributed by atoms with Crippen LogP contribution in [0, 0.1) is 0 Å². The van der Waals surface area contributed by atoms with E-state index in [4.69, 9.17) is 0 Å². The number of nitrogens with one attached hydrogen (secondary N) is 1. The van der Waals surface area contributed by atoms with Crippen LogP contribution >= 0.6 is 0 Å². The van der Waals surface area contributed by atoms with Crippen molar-refractivity contribution in [2.75, 3.05) is 13.6 Å². The summed E-state index contributed by atoms with van der Waals surface area (Å²) in [7, 11) is 1.52. The zero-order chi connectivity index (χ0) is 22.6. The van der Waals surface area contributed by atoms with Crippen LogP contribution in [0.5, 0.6) is 5.75 Å². The molecule has 0 fully saturated rings. The molecule has 7 nitrogen and oxygen atoms in total. The summed E-state index contributed by atoms with van der Waals surface area (Å²) in [4.78, 5) is 12.2. The average molecular weight is 430 g/mol. The van der Waals surface area contributed by atoms with E-state index in [9.17, 15) is 41.4 Å². The molecule has 164 valence electrons. The summed E-state index contributed by atoms with van der Waals surface area (Å²) in [6, 6.07) is -0.0347. The fourth-order valence-electron chi connectivity index (χ4n) is 2.31. The minimum absolute atomic E-state index is 0.0618. The Morgan fingerprint density at radius 2 is 1.72 bits per heavy atom. The molecule has 13 heteroatoms. The van der Waals surface area contributed by atoms with Gasteiger partial charge in [0.2, 0.25) is 0 Å². The van der Waals surface area contributed by atoms with Crippen molar-refractivity contribution >= 4 is 0 Å². The van der Waals surface area contributed by atoms with Crippen molar-refractivity contribution in [1.29, 1.82) is 0 Å². The molecule has 0 aliphatic carbocycles. The molecule has 0 saturated heterocycles. The van der Waals surface area contributed by atoms with E-state index in [0.29, 0.717) is 15.6 Å². The lowest BCUT2D eigenvalue weighted by Crippen LogP contribution is -2.33. The zero-order valence-corrected chi connectivity index (χ0v) is 15.6. The Morgan fingerprint density at radius 3 is 2.21 bits per heavy atom. The zero-order valence-electron chi connectivity index (χ0n) is 15.6. The number of aromatic nitrogens is 3.